The molecule has 1 heterocycles. The van der Waals surface area contributed by atoms with E-state index in [-0.39, 0.29) is 0 Å². The van der Waals surface area contributed by atoms with E-state index in [1.165, 1.54) is 0 Å². The van der Waals surface area contributed by atoms with Crippen molar-refractivity contribution in [2.24, 2.45) is 0 Å². The van der Waals surface area contributed by atoms with Crippen LogP contribution in [-0.2, 0) is 6.54 Å². The van der Waals surface area contributed by atoms with Crippen LogP contribution in [0.1, 0.15) is 5.56 Å². The van der Waals surface area contributed by atoms with Crippen LogP contribution in [0.5, 0.6) is 0 Å². The molecule has 0 unspecified atom stereocenters. The van der Waals surface area contributed by atoms with Crippen molar-refractivity contribution in [3.63, 3.8) is 0 Å². The first-order chi connectivity index (χ1) is 6.22. The Morgan fingerprint density at radius 1 is 1.77 bits per heavy atom. The Morgan fingerprint density at radius 3 is 3.08 bits per heavy atom. The molecule has 13 heavy (non-hydrogen) atoms. The van der Waals surface area contributed by atoms with E-state index in [2.05, 4.69) is 39.5 Å². The second-order valence-electron chi connectivity index (χ2n) is 2.63. The summed E-state index contributed by atoms with van der Waals surface area (Å²) in [5.41, 5.74) is 1.13. The molecule has 0 aliphatic heterocycles. The summed E-state index contributed by atoms with van der Waals surface area (Å²) in [4.78, 5) is 0. The van der Waals surface area contributed by atoms with Crippen molar-refractivity contribution < 1.29 is 0 Å². The van der Waals surface area contributed by atoms with Gasteiger partial charge in [-0.1, -0.05) is 29.1 Å². The molecule has 1 rings (SSSR count). The van der Waals surface area contributed by atoms with Crippen molar-refractivity contribution >= 4 is 22.1 Å². The average molecular weight is 242 g/mol. The van der Waals surface area contributed by atoms with Gasteiger partial charge in [-0.2, -0.15) is 5.10 Å². The minimum Gasteiger partial charge on any atom is -0.308 e. The van der Waals surface area contributed by atoms with Crippen LogP contribution in [-0.4, -0.2) is 16.3 Å². The van der Waals surface area contributed by atoms with Gasteiger partial charge in [-0.25, -0.2) is 4.68 Å². The normalized spacial score (nSPS) is 9.92. The maximum absolute atomic E-state index is 4.06. The largest absolute Gasteiger partial charge is 0.308 e. The van der Waals surface area contributed by atoms with Gasteiger partial charge < -0.3 is 5.32 Å². The zero-order valence-electron chi connectivity index (χ0n) is 7.33. The van der Waals surface area contributed by atoms with E-state index in [0.717, 1.165) is 23.1 Å². The predicted molar refractivity (Wildman–Crippen MR) is 58.4 cm³/mol. The van der Waals surface area contributed by atoms with E-state index in [4.69, 9.17) is 0 Å². The van der Waals surface area contributed by atoms with Crippen molar-refractivity contribution in [3.8, 4) is 0 Å². The van der Waals surface area contributed by atoms with Crippen LogP contribution < -0.4 is 5.32 Å². The second kappa shape index (κ2) is 4.99. The fourth-order valence-corrected chi connectivity index (χ4v) is 1.11. The summed E-state index contributed by atoms with van der Waals surface area (Å²) in [6.45, 7) is 8.89. The Hall–Kier alpha value is -0.870. The number of hydrogen-bond donors (Lipinski definition) is 1. The molecule has 0 atom stereocenters. The van der Waals surface area contributed by atoms with E-state index < -0.39 is 0 Å². The molecule has 4 heteroatoms. The van der Waals surface area contributed by atoms with E-state index in [1.807, 2.05) is 12.4 Å². The molecule has 70 valence electrons. The lowest BCUT2D eigenvalue weighted by molar-refractivity contribution is 0.757. The number of hydrogen-bond acceptors (Lipinski definition) is 2. The number of nitrogens with zero attached hydrogens (tertiary/aromatic N) is 2. The molecule has 0 radical (unpaired) electrons. The molecule has 0 saturated carbocycles. The predicted octanol–water partition coefficient (Wildman–Crippen LogP) is 1.98. The van der Waals surface area contributed by atoms with E-state index in [9.17, 15) is 0 Å². The van der Waals surface area contributed by atoms with Crippen molar-refractivity contribution in [2.45, 2.75) is 6.54 Å². The summed E-state index contributed by atoms with van der Waals surface area (Å²) in [6.07, 6.45) is 5.40. The molecule has 0 saturated heterocycles. The molecule has 3 nitrogen and oxygen atoms in total. The molecule has 1 aromatic rings. The summed E-state index contributed by atoms with van der Waals surface area (Å²) in [5.74, 6) is 0. The number of halogens is 1. The van der Waals surface area contributed by atoms with Crippen molar-refractivity contribution in [2.75, 3.05) is 6.54 Å². The molecular weight excluding hydrogens is 230 g/mol. The third-order valence-corrected chi connectivity index (χ3v) is 1.77. The number of nitrogens with one attached hydrogen (secondary N) is 1. The lowest BCUT2D eigenvalue weighted by atomic mass is 10.3. The number of rotatable bonds is 5. The van der Waals surface area contributed by atoms with Crippen LogP contribution in [0.3, 0.4) is 0 Å². The summed E-state index contributed by atoms with van der Waals surface area (Å²) in [7, 11) is 0. The van der Waals surface area contributed by atoms with Gasteiger partial charge in [-0.05, 0) is 0 Å². The molecule has 1 aromatic heterocycles. The summed E-state index contributed by atoms with van der Waals surface area (Å²) < 4.78 is 2.63. The summed E-state index contributed by atoms with van der Waals surface area (Å²) in [6, 6.07) is 0. The molecule has 0 bridgehead atoms. The molecule has 0 fully saturated rings. The zero-order valence-corrected chi connectivity index (χ0v) is 8.92. The van der Waals surface area contributed by atoms with Gasteiger partial charge in [0.25, 0.3) is 0 Å². The quantitative estimate of drug-likeness (QED) is 0.855. The Bertz CT molecular complexity index is 304. The van der Waals surface area contributed by atoms with Gasteiger partial charge in [0.2, 0.25) is 0 Å². The molecule has 0 amide bonds. The molecule has 1 N–H and O–H groups in total. The van der Waals surface area contributed by atoms with Crippen LogP contribution in [0, 0.1) is 0 Å². The van der Waals surface area contributed by atoms with Gasteiger partial charge >= 0.3 is 0 Å². The first-order valence-electron chi connectivity index (χ1n) is 3.92. The zero-order chi connectivity index (χ0) is 9.68. The molecular formula is C9H12BrN3. The number of aromatic nitrogens is 2. The Kier molecular flexibility index (Phi) is 3.92. The lowest BCUT2D eigenvalue weighted by Crippen LogP contribution is -2.13. The molecule has 0 spiro atoms. The highest BCUT2D eigenvalue weighted by Crippen LogP contribution is 2.00. The van der Waals surface area contributed by atoms with Crippen molar-refractivity contribution in [1.82, 2.24) is 15.1 Å². The highest BCUT2D eigenvalue weighted by atomic mass is 79.9. The minimum absolute atomic E-state index is 0.763. The average Bonchev–Trinajstić information content (AvgIpc) is 2.52. The molecule has 0 aliphatic rings. The molecule has 0 aliphatic carbocycles. The Balaban J connectivity index is 2.36. The Morgan fingerprint density at radius 2 is 2.54 bits per heavy atom. The van der Waals surface area contributed by atoms with Gasteiger partial charge in [0.05, 0.1) is 6.20 Å². The maximum atomic E-state index is 4.06. The van der Waals surface area contributed by atoms with Crippen LogP contribution in [0.2, 0.25) is 0 Å². The Labute approximate surface area is 86.3 Å². The lowest BCUT2D eigenvalue weighted by Gasteiger charge is -1.99. The van der Waals surface area contributed by atoms with Crippen molar-refractivity contribution in [1.29, 1.82) is 0 Å². The third-order valence-electron chi connectivity index (χ3n) is 1.49. The topological polar surface area (TPSA) is 29.9 Å². The standard InChI is InChI=1S/C9H12BrN3/c1-3-13-7-9(6-12-13)5-11-4-8(2)10/h3,6-7,11H,1-2,4-5H2. The van der Waals surface area contributed by atoms with E-state index in [0.29, 0.717) is 0 Å². The maximum Gasteiger partial charge on any atom is 0.0538 e. The van der Waals surface area contributed by atoms with E-state index in [1.54, 1.807) is 10.9 Å². The van der Waals surface area contributed by atoms with Gasteiger partial charge in [-0.3, -0.25) is 0 Å². The van der Waals surface area contributed by atoms with Crippen LogP contribution in [0.15, 0.2) is 30.0 Å². The van der Waals surface area contributed by atoms with Crippen LogP contribution >= 0.6 is 15.9 Å². The first kappa shape index (κ1) is 10.2. The van der Waals surface area contributed by atoms with Crippen LogP contribution in [0.25, 0.3) is 6.20 Å². The smallest absolute Gasteiger partial charge is 0.0538 e. The van der Waals surface area contributed by atoms with E-state index >= 15 is 0 Å². The highest BCUT2D eigenvalue weighted by Gasteiger charge is 1.95. The third kappa shape index (κ3) is 3.57. The summed E-state index contributed by atoms with van der Waals surface area (Å²) in [5, 5.41) is 7.26. The molecule has 0 aromatic carbocycles. The fourth-order valence-electron chi connectivity index (χ4n) is 0.911. The van der Waals surface area contributed by atoms with Crippen LogP contribution in [0.4, 0.5) is 0 Å². The minimum atomic E-state index is 0.763. The fraction of sp³-hybridized carbons (Fsp3) is 0.222. The summed E-state index contributed by atoms with van der Waals surface area (Å²) >= 11 is 3.27. The van der Waals surface area contributed by atoms with Gasteiger partial charge in [0.1, 0.15) is 0 Å². The first-order valence-corrected chi connectivity index (χ1v) is 4.71. The highest BCUT2D eigenvalue weighted by molar-refractivity contribution is 9.11. The monoisotopic (exact) mass is 241 g/mol. The van der Waals surface area contributed by atoms with Gasteiger partial charge in [-0.15, -0.1) is 0 Å². The second-order valence-corrected chi connectivity index (χ2v) is 3.75. The van der Waals surface area contributed by atoms with Gasteiger partial charge in [0.15, 0.2) is 0 Å². The van der Waals surface area contributed by atoms with Crippen molar-refractivity contribution in [3.05, 3.63) is 35.6 Å². The van der Waals surface area contributed by atoms with Gasteiger partial charge in [0, 0.05) is 35.5 Å². The SMILES string of the molecule is C=Cn1cc(CNCC(=C)Br)cn1.